The van der Waals surface area contributed by atoms with E-state index in [-0.39, 0.29) is 29.8 Å². The SMILES string of the molecule is CCN(C)S(=O)(=O)Nc1ccc(F)c(Cc2ccc3c(c2)CN(c2cnc(N4CCNCC4)nc2)C=N3)c1C#N. The van der Waals surface area contributed by atoms with Crippen molar-refractivity contribution in [3.05, 3.63) is 70.8 Å². The number of nitrogens with one attached hydrogen (secondary N) is 2. The van der Waals surface area contributed by atoms with Gasteiger partial charge >= 0.3 is 10.2 Å². The minimum absolute atomic E-state index is 0.0391. The van der Waals surface area contributed by atoms with Crippen molar-refractivity contribution in [1.82, 2.24) is 19.6 Å². The van der Waals surface area contributed by atoms with E-state index in [9.17, 15) is 18.1 Å². The molecule has 2 N–H and O–H groups in total. The molecule has 0 bridgehead atoms. The van der Waals surface area contributed by atoms with Crippen molar-refractivity contribution in [3.8, 4) is 6.07 Å². The Hall–Kier alpha value is -4.12. The fraction of sp³-hybridized carbons (Fsp3) is 0.333. The Balaban J connectivity index is 1.36. The Bertz CT molecular complexity index is 1570. The van der Waals surface area contributed by atoms with E-state index in [4.69, 9.17) is 0 Å². The van der Waals surface area contributed by atoms with E-state index in [2.05, 4.69) is 29.9 Å². The minimum Gasteiger partial charge on any atom is -0.338 e. The van der Waals surface area contributed by atoms with Crippen LogP contribution in [-0.4, -0.2) is 68.8 Å². The first-order valence-electron chi connectivity index (χ1n) is 12.9. The number of fused-ring (bicyclic) bond motifs is 1. The maximum atomic E-state index is 15.0. The van der Waals surface area contributed by atoms with Crippen LogP contribution in [0.15, 0.2) is 47.7 Å². The molecule has 0 aliphatic carbocycles. The molecule has 11 nitrogen and oxygen atoms in total. The highest BCUT2D eigenvalue weighted by Crippen LogP contribution is 2.31. The summed E-state index contributed by atoms with van der Waals surface area (Å²) in [6.45, 7) is 5.97. The number of halogens is 1. The van der Waals surface area contributed by atoms with Gasteiger partial charge in [0.05, 0.1) is 47.9 Å². The summed E-state index contributed by atoms with van der Waals surface area (Å²) < 4.78 is 43.6. The topological polar surface area (TPSA) is 130 Å². The zero-order chi connectivity index (χ0) is 28.3. The molecular formula is C27H30FN9O2S. The first kappa shape index (κ1) is 27.4. The third-order valence-electron chi connectivity index (χ3n) is 7.02. The molecule has 40 heavy (non-hydrogen) atoms. The van der Waals surface area contributed by atoms with Crippen LogP contribution < -0.4 is 19.8 Å². The Labute approximate surface area is 233 Å². The van der Waals surface area contributed by atoms with Crippen molar-refractivity contribution >= 4 is 39.6 Å². The van der Waals surface area contributed by atoms with E-state index in [0.29, 0.717) is 12.5 Å². The second-order valence-electron chi connectivity index (χ2n) is 9.57. The number of hydrogen-bond acceptors (Lipinski definition) is 9. The van der Waals surface area contributed by atoms with Gasteiger partial charge in [0.1, 0.15) is 11.9 Å². The third kappa shape index (κ3) is 5.74. The van der Waals surface area contributed by atoms with Gasteiger partial charge < -0.3 is 15.1 Å². The number of aliphatic imine (C=N–C) groups is 1. The summed E-state index contributed by atoms with van der Waals surface area (Å²) in [4.78, 5) is 17.7. The molecule has 208 valence electrons. The number of benzene rings is 2. The van der Waals surface area contributed by atoms with Crippen LogP contribution >= 0.6 is 0 Å². The van der Waals surface area contributed by atoms with Crippen LogP contribution in [0.5, 0.6) is 0 Å². The summed E-state index contributed by atoms with van der Waals surface area (Å²) in [5.74, 6) is 0.116. The monoisotopic (exact) mass is 563 g/mol. The van der Waals surface area contributed by atoms with Crippen molar-refractivity contribution in [2.75, 3.05) is 54.3 Å². The number of piperazine rings is 1. The molecule has 0 amide bonds. The highest BCUT2D eigenvalue weighted by Gasteiger charge is 2.22. The Morgan fingerprint density at radius 3 is 2.62 bits per heavy atom. The van der Waals surface area contributed by atoms with Gasteiger partial charge in [-0.15, -0.1) is 0 Å². The molecule has 0 spiro atoms. The van der Waals surface area contributed by atoms with Crippen LogP contribution in [-0.2, 0) is 23.2 Å². The van der Waals surface area contributed by atoms with Crippen molar-refractivity contribution in [3.63, 3.8) is 0 Å². The number of rotatable bonds is 8. The molecule has 0 unspecified atom stereocenters. The van der Waals surface area contributed by atoms with E-state index in [0.717, 1.165) is 53.0 Å². The number of nitriles is 1. The smallest absolute Gasteiger partial charge is 0.301 e. The highest BCUT2D eigenvalue weighted by molar-refractivity contribution is 7.90. The van der Waals surface area contributed by atoms with Gasteiger partial charge in [-0.05, 0) is 29.3 Å². The summed E-state index contributed by atoms with van der Waals surface area (Å²) in [5, 5.41) is 13.2. The average Bonchev–Trinajstić information content (AvgIpc) is 2.98. The lowest BCUT2D eigenvalue weighted by atomic mass is 9.96. The van der Waals surface area contributed by atoms with Crippen molar-refractivity contribution in [2.45, 2.75) is 19.9 Å². The molecule has 1 aromatic heterocycles. The molecule has 0 atom stereocenters. The van der Waals surface area contributed by atoms with E-state index >= 15 is 0 Å². The van der Waals surface area contributed by atoms with Crippen molar-refractivity contribution in [2.24, 2.45) is 4.99 Å². The molecule has 0 radical (unpaired) electrons. The maximum absolute atomic E-state index is 15.0. The first-order valence-corrected chi connectivity index (χ1v) is 14.4. The summed E-state index contributed by atoms with van der Waals surface area (Å²) in [5.41, 5.74) is 3.39. The predicted molar refractivity (Wildman–Crippen MR) is 153 cm³/mol. The summed E-state index contributed by atoms with van der Waals surface area (Å²) in [7, 11) is -2.46. The Morgan fingerprint density at radius 2 is 1.93 bits per heavy atom. The molecular weight excluding hydrogens is 533 g/mol. The molecule has 5 rings (SSSR count). The molecule has 2 aliphatic rings. The summed E-state index contributed by atoms with van der Waals surface area (Å²) in [6.07, 6.45) is 5.40. The normalized spacial score (nSPS) is 15.2. The number of nitrogens with zero attached hydrogens (tertiary/aromatic N) is 7. The lowest BCUT2D eigenvalue weighted by Crippen LogP contribution is -2.44. The second-order valence-corrected chi connectivity index (χ2v) is 11.3. The minimum atomic E-state index is -3.88. The zero-order valence-corrected chi connectivity index (χ0v) is 23.1. The Morgan fingerprint density at radius 1 is 1.18 bits per heavy atom. The van der Waals surface area contributed by atoms with E-state index in [1.54, 1.807) is 25.7 Å². The quantitative estimate of drug-likeness (QED) is 0.428. The van der Waals surface area contributed by atoms with Gasteiger partial charge in [0.2, 0.25) is 5.95 Å². The van der Waals surface area contributed by atoms with Gasteiger partial charge in [-0.1, -0.05) is 19.1 Å². The molecule has 1 saturated heterocycles. The van der Waals surface area contributed by atoms with E-state index in [1.807, 2.05) is 29.2 Å². The van der Waals surface area contributed by atoms with Crippen LogP contribution in [0.4, 0.5) is 27.4 Å². The number of anilines is 3. The van der Waals surface area contributed by atoms with Crippen LogP contribution in [0.3, 0.4) is 0 Å². The van der Waals surface area contributed by atoms with Gasteiger partial charge in [0.25, 0.3) is 0 Å². The maximum Gasteiger partial charge on any atom is 0.301 e. The van der Waals surface area contributed by atoms with Gasteiger partial charge in [0.15, 0.2) is 0 Å². The number of hydrogen-bond donors (Lipinski definition) is 2. The molecule has 2 aromatic carbocycles. The van der Waals surface area contributed by atoms with Crippen molar-refractivity contribution in [1.29, 1.82) is 5.26 Å². The fourth-order valence-electron chi connectivity index (χ4n) is 4.61. The molecule has 2 aliphatic heterocycles. The average molecular weight is 564 g/mol. The summed E-state index contributed by atoms with van der Waals surface area (Å²) in [6, 6.07) is 10.0. The lowest BCUT2D eigenvalue weighted by Gasteiger charge is -2.28. The zero-order valence-electron chi connectivity index (χ0n) is 22.3. The van der Waals surface area contributed by atoms with Crippen LogP contribution in [0.1, 0.15) is 29.2 Å². The van der Waals surface area contributed by atoms with Gasteiger partial charge in [-0.3, -0.25) is 4.72 Å². The number of aromatic nitrogens is 2. The standard InChI is InChI=1S/C27H30FN9O2S/c1-3-35(2)40(38,39)34-26-7-5-24(28)22(23(26)14-29)13-19-4-6-25-20(12-19)17-37(18-33-25)21-15-31-27(32-16-21)36-10-8-30-9-11-36/h4-7,12,15-16,18,30,34H,3,8-11,13,17H2,1-2H3. The fourth-order valence-corrected chi connectivity index (χ4v) is 5.55. The molecule has 13 heteroatoms. The molecule has 3 aromatic rings. The van der Waals surface area contributed by atoms with Crippen LogP contribution in [0, 0.1) is 17.1 Å². The predicted octanol–water partition coefficient (Wildman–Crippen LogP) is 2.78. The van der Waals surface area contributed by atoms with Crippen LogP contribution in [0.25, 0.3) is 0 Å². The Kier molecular flexibility index (Phi) is 7.92. The third-order valence-corrected chi connectivity index (χ3v) is 8.58. The summed E-state index contributed by atoms with van der Waals surface area (Å²) >= 11 is 0. The lowest BCUT2D eigenvalue weighted by molar-refractivity contribution is 0.491. The molecule has 1 fully saturated rings. The van der Waals surface area contributed by atoms with Crippen LogP contribution in [0.2, 0.25) is 0 Å². The first-order chi connectivity index (χ1) is 19.3. The van der Waals surface area contributed by atoms with Gasteiger partial charge in [0, 0.05) is 51.8 Å². The second kappa shape index (κ2) is 11.5. The largest absolute Gasteiger partial charge is 0.338 e. The molecule has 3 heterocycles. The highest BCUT2D eigenvalue weighted by atomic mass is 32.2. The van der Waals surface area contributed by atoms with E-state index < -0.39 is 16.0 Å². The molecule has 0 saturated carbocycles. The van der Waals surface area contributed by atoms with Gasteiger partial charge in [-0.2, -0.15) is 18.0 Å². The van der Waals surface area contributed by atoms with Crippen molar-refractivity contribution < 1.29 is 12.8 Å². The van der Waals surface area contributed by atoms with Gasteiger partial charge in [-0.25, -0.2) is 19.4 Å². The van der Waals surface area contributed by atoms with E-state index in [1.165, 1.54) is 19.2 Å².